The summed E-state index contributed by atoms with van der Waals surface area (Å²) in [4.78, 5) is 11.7. The first kappa shape index (κ1) is 14.7. The quantitative estimate of drug-likeness (QED) is 0.733. The molecule has 0 aliphatic heterocycles. The number of carbonyl (C=O) groups is 1. The van der Waals surface area contributed by atoms with Crippen molar-refractivity contribution < 1.29 is 9.90 Å². The summed E-state index contributed by atoms with van der Waals surface area (Å²) in [5.41, 5.74) is 1.01. The fraction of sp³-hybridized carbons (Fsp3) is 0.750. The van der Waals surface area contributed by atoms with E-state index >= 15 is 0 Å². The Labute approximate surface area is 133 Å². The van der Waals surface area contributed by atoms with E-state index in [1.54, 1.807) is 6.08 Å². The van der Waals surface area contributed by atoms with Gasteiger partial charge < -0.3 is 5.11 Å². The molecule has 0 aromatic carbocycles. The molecule has 0 amide bonds. The monoisotopic (exact) mass is 300 g/mol. The molecule has 0 unspecified atom stereocenters. The summed E-state index contributed by atoms with van der Waals surface area (Å²) in [6, 6.07) is 0. The second kappa shape index (κ2) is 4.35. The number of hydrogen-bond acceptors (Lipinski definition) is 2. The molecule has 3 saturated carbocycles. The third-order valence-corrected chi connectivity index (χ3v) is 8.12. The minimum Gasteiger partial charge on any atom is -0.390 e. The number of rotatable bonds is 0. The van der Waals surface area contributed by atoms with E-state index in [-0.39, 0.29) is 16.6 Å². The third kappa shape index (κ3) is 1.68. The van der Waals surface area contributed by atoms with Crippen LogP contribution in [0.25, 0.3) is 0 Å². The lowest BCUT2D eigenvalue weighted by Gasteiger charge is -2.57. The summed E-state index contributed by atoms with van der Waals surface area (Å²) in [5, 5.41) is 10.9. The lowest BCUT2D eigenvalue weighted by atomic mass is 9.47. The number of allylic oxidation sites excluding steroid dienone is 4. The average Bonchev–Trinajstić information content (AvgIpc) is 2.70. The summed E-state index contributed by atoms with van der Waals surface area (Å²) in [5.74, 6) is 2.15. The van der Waals surface area contributed by atoms with Gasteiger partial charge in [0, 0.05) is 5.41 Å². The summed E-state index contributed by atoms with van der Waals surface area (Å²) >= 11 is 0. The highest BCUT2D eigenvalue weighted by Crippen LogP contribution is 2.66. The SMILES string of the molecule is C[C@]12C=CC(=O)C=C1CC[C@@H]1[C@H]2CC[C@@]2(C)[C@@H]1CC[C@@]2(C)O. The van der Waals surface area contributed by atoms with Gasteiger partial charge in [-0.2, -0.15) is 0 Å². The van der Waals surface area contributed by atoms with Crippen molar-refractivity contribution in [3.8, 4) is 0 Å². The van der Waals surface area contributed by atoms with E-state index < -0.39 is 5.60 Å². The predicted octanol–water partition coefficient (Wildman–Crippen LogP) is 4.05. The maximum atomic E-state index is 11.7. The van der Waals surface area contributed by atoms with Gasteiger partial charge in [-0.25, -0.2) is 0 Å². The third-order valence-electron chi connectivity index (χ3n) is 8.12. The van der Waals surface area contributed by atoms with Crippen LogP contribution in [0.2, 0.25) is 0 Å². The minimum absolute atomic E-state index is 0.0760. The molecule has 3 fully saturated rings. The maximum Gasteiger partial charge on any atom is 0.178 e. The normalized spacial score (nSPS) is 53.5. The van der Waals surface area contributed by atoms with Crippen LogP contribution in [-0.2, 0) is 4.79 Å². The van der Waals surface area contributed by atoms with Gasteiger partial charge in [0.25, 0.3) is 0 Å². The molecule has 22 heavy (non-hydrogen) atoms. The van der Waals surface area contributed by atoms with E-state index in [0.29, 0.717) is 17.8 Å². The van der Waals surface area contributed by atoms with Crippen LogP contribution in [0.5, 0.6) is 0 Å². The van der Waals surface area contributed by atoms with Gasteiger partial charge in [0.2, 0.25) is 0 Å². The zero-order chi connectivity index (χ0) is 15.8. The van der Waals surface area contributed by atoms with E-state index in [1.807, 2.05) is 6.08 Å². The summed E-state index contributed by atoms with van der Waals surface area (Å²) in [6.07, 6.45) is 12.5. The van der Waals surface area contributed by atoms with Crippen LogP contribution < -0.4 is 0 Å². The van der Waals surface area contributed by atoms with E-state index in [9.17, 15) is 9.90 Å². The van der Waals surface area contributed by atoms with Crippen LogP contribution in [0.3, 0.4) is 0 Å². The van der Waals surface area contributed by atoms with Gasteiger partial charge >= 0.3 is 0 Å². The molecule has 2 heteroatoms. The van der Waals surface area contributed by atoms with Crippen molar-refractivity contribution in [1.82, 2.24) is 0 Å². The largest absolute Gasteiger partial charge is 0.390 e. The van der Waals surface area contributed by atoms with Crippen molar-refractivity contribution in [1.29, 1.82) is 0 Å². The second-order valence-corrected chi connectivity index (χ2v) is 8.87. The molecule has 4 rings (SSSR count). The van der Waals surface area contributed by atoms with Crippen LogP contribution >= 0.6 is 0 Å². The van der Waals surface area contributed by atoms with E-state index in [0.717, 1.165) is 19.3 Å². The standard InChI is InChI=1S/C20H28O2/c1-18-9-6-14(21)12-13(18)4-5-15-16(18)7-10-19(2)17(15)8-11-20(19,3)22/h6,9,12,15-17,22H,4-5,7-8,10-11H2,1-3H3/t15-,16-,17-,18+,19+,20-/m1/s1. The van der Waals surface area contributed by atoms with Gasteiger partial charge in [-0.05, 0) is 80.8 Å². The van der Waals surface area contributed by atoms with Crippen molar-refractivity contribution in [3.63, 3.8) is 0 Å². The number of fused-ring (bicyclic) bond motifs is 5. The average molecular weight is 300 g/mol. The number of hydrogen-bond donors (Lipinski definition) is 1. The van der Waals surface area contributed by atoms with Gasteiger partial charge in [-0.3, -0.25) is 4.79 Å². The Balaban J connectivity index is 1.71. The minimum atomic E-state index is -0.502. The van der Waals surface area contributed by atoms with Gasteiger partial charge in [0.05, 0.1) is 5.60 Å². The summed E-state index contributed by atoms with van der Waals surface area (Å²) in [7, 11) is 0. The Bertz CT molecular complexity index is 585. The second-order valence-electron chi connectivity index (χ2n) is 8.87. The molecule has 6 atom stereocenters. The Kier molecular flexibility index (Phi) is 2.90. The van der Waals surface area contributed by atoms with Crippen molar-refractivity contribution in [2.75, 3.05) is 0 Å². The van der Waals surface area contributed by atoms with E-state index in [2.05, 4.69) is 26.8 Å². The Morgan fingerprint density at radius 2 is 1.82 bits per heavy atom. The highest BCUT2D eigenvalue weighted by Gasteiger charge is 2.61. The Morgan fingerprint density at radius 3 is 2.59 bits per heavy atom. The van der Waals surface area contributed by atoms with Crippen LogP contribution in [0.15, 0.2) is 23.8 Å². The summed E-state index contributed by atoms with van der Waals surface area (Å²) < 4.78 is 0. The number of ketones is 1. The Hall–Kier alpha value is -0.890. The number of carbonyl (C=O) groups excluding carboxylic acids is 1. The molecule has 2 nitrogen and oxygen atoms in total. The first-order valence-electron chi connectivity index (χ1n) is 8.95. The van der Waals surface area contributed by atoms with Crippen molar-refractivity contribution in [2.24, 2.45) is 28.6 Å². The topological polar surface area (TPSA) is 37.3 Å². The van der Waals surface area contributed by atoms with E-state index in [1.165, 1.54) is 24.8 Å². The van der Waals surface area contributed by atoms with Crippen molar-refractivity contribution in [3.05, 3.63) is 23.8 Å². The molecule has 0 aromatic heterocycles. The molecule has 4 aliphatic rings. The molecule has 0 aromatic rings. The molecule has 120 valence electrons. The highest BCUT2D eigenvalue weighted by atomic mass is 16.3. The molecule has 0 heterocycles. The van der Waals surface area contributed by atoms with Gasteiger partial charge in [0.15, 0.2) is 5.78 Å². The van der Waals surface area contributed by atoms with Crippen molar-refractivity contribution in [2.45, 2.75) is 64.9 Å². The fourth-order valence-corrected chi connectivity index (χ4v) is 6.44. The molecule has 0 bridgehead atoms. The maximum absolute atomic E-state index is 11.7. The predicted molar refractivity (Wildman–Crippen MR) is 87.2 cm³/mol. The molecule has 0 saturated heterocycles. The highest BCUT2D eigenvalue weighted by molar-refractivity contribution is 6.01. The number of aliphatic hydroxyl groups is 1. The lowest BCUT2D eigenvalue weighted by Crippen LogP contribution is -2.53. The molecule has 0 radical (unpaired) electrons. The zero-order valence-electron chi connectivity index (χ0n) is 14.1. The molecule has 1 N–H and O–H groups in total. The fourth-order valence-electron chi connectivity index (χ4n) is 6.44. The summed E-state index contributed by atoms with van der Waals surface area (Å²) in [6.45, 7) is 6.73. The van der Waals surface area contributed by atoms with Crippen LogP contribution in [-0.4, -0.2) is 16.5 Å². The van der Waals surface area contributed by atoms with Gasteiger partial charge in [-0.1, -0.05) is 25.5 Å². The van der Waals surface area contributed by atoms with E-state index in [4.69, 9.17) is 0 Å². The Morgan fingerprint density at radius 1 is 1.09 bits per heavy atom. The molecule has 4 aliphatic carbocycles. The smallest absolute Gasteiger partial charge is 0.178 e. The lowest BCUT2D eigenvalue weighted by molar-refractivity contribution is -0.114. The van der Waals surface area contributed by atoms with Crippen LogP contribution in [0.1, 0.15) is 59.3 Å². The van der Waals surface area contributed by atoms with Crippen molar-refractivity contribution >= 4 is 5.78 Å². The van der Waals surface area contributed by atoms with Crippen LogP contribution in [0, 0.1) is 28.6 Å². The molecular weight excluding hydrogens is 272 g/mol. The zero-order valence-corrected chi connectivity index (χ0v) is 14.1. The van der Waals surface area contributed by atoms with Crippen LogP contribution in [0.4, 0.5) is 0 Å². The first-order valence-corrected chi connectivity index (χ1v) is 8.95. The van der Waals surface area contributed by atoms with Gasteiger partial charge in [-0.15, -0.1) is 0 Å². The first-order chi connectivity index (χ1) is 10.3. The van der Waals surface area contributed by atoms with Gasteiger partial charge in [0.1, 0.15) is 0 Å². The molecular formula is C20H28O2. The molecule has 0 spiro atoms.